The lowest BCUT2D eigenvalue weighted by Crippen LogP contribution is -2.27. The van der Waals surface area contributed by atoms with Gasteiger partial charge in [-0.2, -0.15) is 24.1 Å². The summed E-state index contributed by atoms with van der Waals surface area (Å²) in [6.07, 6.45) is 10.3. The minimum atomic E-state index is -0.858. The van der Waals surface area contributed by atoms with Crippen molar-refractivity contribution in [2.45, 2.75) is 64.6 Å². The highest BCUT2D eigenvalue weighted by Gasteiger charge is 2.31. The zero-order valence-electron chi connectivity index (χ0n) is 39.4. The molecule has 3 atom stereocenters. The number of fused-ring (bicyclic) bond motifs is 3. The van der Waals surface area contributed by atoms with E-state index in [2.05, 4.69) is 25.3 Å². The molecular formula is C53H44ClF8N9O4. The first-order chi connectivity index (χ1) is 35.9. The van der Waals surface area contributed by atoms with Crippen molar-refractivity contribution in [1.29, 1.82) is 0 Å². The van der Waals surface area contributed by atoms with Crippen LogP contribution in [0.25, 0.3) is 33.4 Å². The van der Waals surface area contributed by atoms with Crippen molar-refractivity contribution in [2.24, 2.45) is 17.8 Å². The summed E-state index contributed by atoms with van der Waals surface area (Å²) in [4.78, 5) is 41.9. The molecule has 3 N–H and O–H groups in total. The highest BCUT2D eigenvalue weighted by Crippen LogP contribution is 2.35. The van der Waals surface area contributed by atoms with Crippen LogP contribution < -0.4 is 5.73 Å². The number of aromatic nitrogens is 8. The molecule has 8 aromatic rings. The van der Waals surface area contributed by atoms with E-state index in [9.17, 15) is 49.5 Å². The molecule has 0 spiro atoms. The number of hydrogen-bond donors (Lipinski definition) is 2. The number of carboxylic acid groups (broad SMARTS) is 1. The van der Waals surface area contributed by atoms with Crippen LogP contribution >= 0.6 is 11.6 Å². The average Bonchev–Trinajstić information content (AvgIpc) is 4.12. The summed E-state index contributed by atoms with van der Waals surface area (Å²) in [7, 11) is 0. The minimum Gasteiger partial charge on any atom is -0.481 e. The Labute approximate surface area is 427 Å². The van der Waals surface area contributed by atoms with Gasteiger partial charge >= 0.3 is 5.97 Å². The van der Waals surface area contributed by atoms with Crippen molar-refractivity contribution < 1.29 is 54.6 Å². The second-order valence-electron chi connectivity index (χ2n) is 17.8. The van der Waals surface area contributed by atoms with E-state index < -0.39 is 58.7 Å². The number of benzene rings is 3. The van der Waals surface area contributed by atoms with Crippen molar-refractivity contribution in [3.8, 4) is 33.4 Å². The highest BCUT2D eigenvalue weighted by molar-refractivity contribution is 6.64. The Hall–Kier alpha value is -8.07. The fraction of sp³-hybridized carbons (Fsp3) is 0.245. The molecule has 0 bridgehead atoms. The summed E-state index contributed by atoms with van der Waals surface area (Å²) < 4.78 is 111. The number of nitrogens with two attached hydrogens (primary N) is 1. The number of nitrogen functional groups attached to an aromatic ring is 1. The third kappa shape index (κ3) is 12.8. The van der Waals surface area contributed by atoms with E-state index in [1.165, 1.54) is 73.2 Å². The number of hydrogen-bond acceptors (Lipinski definition) is 9. The van der Waals surface area contributed by atoms with E-state index in [0.717, 1.165) is 29.6 Å². The Kier molecular flexibility index (Phi) is 16.6. The fourth-order valence-corrected chi connectivity index (χ4v) is 9.28. The number of Topliss-reactive ketones (excluding diaryl/α,β-unsaturated/α-hetero) is 1. The van der Waals surface area contributed by atoms with E-state index in [4.69, 9.17) is 22.4 Å². The van der Waals surface area contributed by atoms with Gasteiger partial charge in [-0.15, -0.1) is 0 Å². The van der Waals surface area contributed by atoms with Gasteiger partial charge in [-0.05, 0) is 97.4 Å². The van der Waals surface area contributed by atoms with E-state index in [-0.39, 0.29) is 46.0 Å². The van der Waals surface area contributed by atoms with Crippen LogP contribution in [0.5, 0.6) is 0 Å². The molecule has 3 aliphatic heterocycles. The molecule has 0 fully saturated rings. The lowest BCUT2D eigenvalue weighted by Gasteiger charge is -2.23. The summed E-state index contributed by atoms with van der Waals surface area (Å²) in [6.45, 7) is 1.61. The molecule has 3 aliphatic rings. The Balaban J connectivity index is 0.000000141. The standard InChI is InChI=1S/C20H16F3N3O.C14H11ClF2N2O.C14H12F2N2O2.C5H5FN2/c21-14-1-2-15(17(22)10-14)16-11-25-26-6-4-13(9-18(16)26)19(27)7-12-3-5-24-20(23)8-12;15-14(20)8-3-4-19-13(5-8)11(7-18-19)10-2-1-9(16)6-12(10)17;15-9-1-2-10(12(16)6-9)11-7-17-18-4-3-8(14(19)20)5-13(11)18;6-5-3-4(7)1-2-8-5/h1-3,5,8,10-11,13H,4,6-7,9H2;1-2,6-8H,3-5H2;1-2,6-8H,3-5H2,(H,19,20);1-3H,(H2,7,8). The Bertz CT molecular complexity index is 3270. The molecule has 11 rings (SSSR count). The zero-order chi connectivity index (χ0) is 53.5. The minimum absolute atomic E-state index is 0.00132. The molecule has 0 saturated carbocycles. The molecule has 75 heavy (non-hydrogen) atoms. The number of halogens is 9. The van der Waals surface area contributed by atoms with Crippen LogP contribution in [0.2, 0.25) is 0 Å². The fourth-order valence-electron chi connectivity index (χ4n) is 9.09. The van der Waals surface area contributed by atoms with Crippen LogP contribution in [0.3, 0.4) is 0 Å². The van der Waals surface area contributed by atoms with Gasteiger partial charge in [0.1, 0.15) is 40.7 Å². The molecule has 0 saturated heterocycles. The SMILES string of the molecule is Nc1ccnc(F)c1.O=C(Cc1ccnc(F)c1)C1CCn2ncc(-c3ccc(F)cc3F)c2C1.O=C(Cl)C1CCn2ncc(-c3ccc(F)cc3F)c2C1.O=C(O)C1CCn2ncc(-c3ccc(F)cc3F)c2C1. The second-order valence-corrected chi connectivity index (χ2v) is 18.2. The third-order valence-electron chi connectivity index (χ3n) is 12.9. The number of rotatable bonds is 8. The van der Waals surface area contributed by atoms with Gasteiger partial charge < -0.3 is 10.8 Å². The quantitative estimate of drug-likeness (QED) is 0.0846. The first-order valence-electron chi connectivity index (χ1n) is 23.3. The van der Waals surface area contributed by atoms with Crippen LogP contribution in [0.1, 0.15) is 41.9 Å². The monoisotopic (exact) mass is 1060 g/mol. The highest BCUT2D eigenvalue weighted by atomic mass is 35.5. The number of anilines is 1. The second kappa shape index (κ2) is 23.4. The van der Waals surface area contributed by atoms with Gasteiger partial charge in [0.2, 0.25) is 17.1 Å². The number of carboxylic acids is 1. The molecule has 5 aromatic heterocycles. The van der Waals surface area contributed by atoms with E-state index in [1.54, 1.807) is 32.5 Å². The van der Waals surface area contributed by atoms with Crippen molar-refractivity contribution >= 4 is 34.3 Å². The average molecular weight is 1060 g/mol. The van der Waals surface area contributed by atoms with Crippen LogP contribution in [-0.4, -0.2) is 61.4 Å². The number of nitrogens with zero attached hydrogens (tertiary/aromatic N) is 8. The molecule has 0 aliphatic carbocycles. The predicted molar refractivity (Wildman–Crippen MR) is 258 cm³/mol. The van der Waals surface area contributed by atoms with Crippen LogP contribution in [0.4, 0.5) is 40.8 Å². The Morgan fingerprint density at radius 3 is 1.32 bits per heavy atom. The predicted octanol–water partition coefficient (Wildman–Crippen LogP) is 10.2. The van der Waals surface area contributed by atoms with E-state index in [0.29, 0.717) is 91.8 Å². The van der Waals surface area contributed by atoms with Gasteiger partial charge in [0.15, 0.2) is 0 Å². The molecule has 388 valence electrons. The Morgan fingerprint density at radius 2 is 0.933 bits per heavy atom. The van der Waals surface area contributed by atoms with E-state index >= 15 is 0 Å². The molecular weight excluding hydrogens is 1010 g/mol. The molecule has 13 nitrogen and oxygen atoms in total. The van der Waals surface area contributed by atoms with Crippen LogP contribution in [0, 0.1) is 64.6 Å². The summed E-state index contributed by atoms with van der Waals surface area (Å²) in [5.74, 6) is -6.91. The number of aryl methyl sites for hydroxylation is 3. The lowest BCUT2D eigenvalue weighted by molar-refractivity contribution is -0.142. The van der Waals surface area contributed by atoms with Gasteiger partial charge in [-0.25, -0.2) is 36.3 Å². The van der Waals surface area contributed by atoms with Crippen molar-refractivity contribution in [1.82, 2.24) is 39.3 Å². The topological polar surface area (TPSA) is 177 Å². The molecule has 3 aromatic carbocycles. The van der Waals surface area contributed by atoms with Gasteiger partial charge in [0, 0.05) is 144 Å². The first kappa shape index (κ1) is 53.2. The number of pyridine rings is 2. The van der Waals surface area contributed by atoms with Crippen molar-refractivity contribution in [3.05, 3.63) is 179 Å². The molecule has 0 radical (unpaired) electrons. The Morgan fingerprint density at radius 1 is 0.533 bits per heavy atom. The number of ketones is 1. The van der Waals surface area contributed by atoms with Crippen LogP contribution in [-0.2, 0) is 59.7 Å². The largest absolute Gasteiger partial charge is 0.481 e. The normalized spacial score (nSPS) is 16.3. The maximum absolute atomic E-state index is 14.2. The molecule has 0 amide bonds. The van der Waals surface area contributed by atoms with Crippen molar-refractivity contribution in [2.75, 3.05) is 5.73 Å². The molecule has 22 heteroatoms. The summed E-state index contributed by atoms with van der Waals surface area (Å²) >= 11 is 5.55. The maximum atomic E-state index is 14.2. The molecule has 3 unspecified atom stereocenters. The summed E-state index contributed by atoms with van der Waals surface area (Å²) in [6, 6.07) is 15.8. The number of aliphatic carboxylic acids is 1. The maximum Gasteiger partial charge on any atom is 0.306 e. The summed E-state index contributed by atoms with van der Waals surface area (Å²) in [5.41, 5.74) is 10.9. The smallest absolute Gasteiger partial charge is 0.306 e. The zero-order valence-corrected chi connectivity index (χ0v) is 40.2. The first-order valence-corrected chi connectivity index (χ1v) is 23.7. The van der Waals surface area contributed by atoms with Gasteiger partial charge in [0.25, 0.3) is 0 Å². The van der Waals surface area contributed by atoms with Gasteiger partial charge in [-0.1, -0.05) is 0 Å². The number of carbonyl (C=O) groups is 3. The van der Waals surface area contributed by atoms with Gasteiger partial charge in [0.05, 0.1) is 24.5 Å². The van der Waals surface area contributed by atoms with Crippen LogP contribution in [0.15, 0.2) is 110 Å². The number of carbonyl (C=O) groups excluding carboxylic acids is 2. The van der Waals surface area contributed by atoms with Gasteiger partial charge in [-0.3, -0.25) is 28.4 Å². The third-order valence-corrected chi connectivity index (χ3v) is 13.3. The summed E-state index contributed by atoms with van der Waals surface area (Å²) in [5, 5.41) is 21.3. The lowest BCUT2D eigenvalue weighted by atomic mass is 9.87. The van der Waals surface area contributed by atoms with E-state index in [1.807, 2.05) is 0 Å². The molecule has 8 heterocycles. The van der Waals surface area contributed by atoms with Crippen molar-refractivity contribution in [3.63, 3.8) is 0 Å².